The van der Waals surface area contributed by atoms with Crippen molar-refractivity contribution in [1.82, 2.24) is 40.4 Å². The third kappa shape index (κ3) is 11.2. The highest BCUT2D eigenvalue weighted by Crippen LogP contribution is 2.55. The molecule has 0 unspecified atom stereocenters. The Morgan fingerprint density at radius 1 is 0.833 bits per heavy atom. The number of anilines is 2. The van der Waals surface area contributed by atoms with Gasteiger partial charge in [0.05, 0.1) is 23.4 Å². The molecule has 6 aliphatic rings. The number of piperazine rings is 1. The Kier molecular flexibility index (Phi) is 15.5. The normalized spacial score (nSPS) is 26.9. The van der Waals surface area contributed by atoms with Crippen molar-refractivity contribution in [2.45, 2.75) is 128 Å². The number of nitrogens with zero attached hydrogens (tertiary/aromatic N) is 7. The number of hydrogen-bond acceptors (Lipinski definition) is 12. The molecule has 4 saturated heterocycles. The molecule has 0 bridgehead atoms. The third-order valence-electron chi connectivity index (χ3n) is 17.1. The standard InChI is InChI=1S/C56H76N10O6/c1-6-37-13-15-38(16-14-37)34-58-52(70)47-30-43(67)36-66(47)54(72)49(55(2,3)4)59-51(69)39-17-21-56(22-18-39)32-42(33-56)62-24-19-41(20-25-62)65-23-9-10-40(35-65)53(71)64-28-26-63(27-29-64)46-31-45(60-61-50(46)57-5)44-11-7-8-12-48(44)68/h1,7-8,11-16,31,39-43,47,49,67-68H,9-10,17-30,32-36H2,2-5H3,(H,57,61)(H,58,70)(H,59,69)/t39?,40-,42?,43+,47-,49+,56?/m0/s1. The number of carbonyl (C=O) groups is 4. The van der Waals surface area contributed by atoms with E-state index >= 15 is 0 Å². The fourth-order valence-corrected chi connectivity index (χ4v) is 12.7. The minimum Gasteiger partial charge on any atom is -0.507 e. The molecule has 1 aromatic heterocycles. The van der Waals surface area contributed by atoms with E-state index in [4.69, 9.17) is 6.42 Å². The van der Waals surface area contributed by atoms with E-state index in [0.29, 0.717) is 55.3 Å². The molecule has 16 heteroatoms. The second-order valence-corrected chi connectivity index (χ2v) is 22.7. The summed E-state index contributed by atoms with van der Waals surface area (Å²) in [4.78, 5) is 66.8. The van der Waals surface area contributed by atoms with Crippen LogP contribution in [0, 0.1) is 35.0 Å². The Bertz CT molecular complexity index is 2460. The molecule has 386 valence electrons. The largest absolute Gasteiger partial charge is 0.507 e. The zero-order valence-corrected chi connectivity index (χ0v) is 42.8. The SMILES string of the molecule is C#Cc1ccc(CNC(=O)[C@@H]2C[C@@H](O)CN2C(=O)[C@@H](NC(=O)C2CCC3(CC2)CC(N2CCC(N4CCC[C@H](C(=O)N5CCN(c6cc(-c7ccccc7O)nnc6NC)CC5)C4)CC2)C3)C(C)(C)C)cc1. The van der Waals surface area contributed by atoms with Crippen molar-refractivity contribution in [3.8, 4) is 29.4 Å². The molecule has 9 rings (SSSR count). The second-order valence-electron chi connectivity index (χ2n) is 22.7. The van der Waals surface area contributed by atoms with Crippen LogP contribution in [0.15, 0.2) is 54.6 Å². The van der Waals surface area contributed by atoms with Crippen LogP contribution in [-0.4, -0.2) is 160 Å². The maximum Gasteiger partial charge on any atom is 0.246 e. The molecule has 2 aromatic carbocycles. The first kappa shape index (κ1) is 51.2. The summed E-state index contributed by atoms with van der Waals surface area (Å²) in [6.07, 6.45) is 15.0. The first-order valence-corrected chi connectivity index (χ1v) is 26.6. The molecule has 3 aromatic rings. The summed E-state index contributed by atoms with van der Waals surface area (Å²) in [5.41, 5.74) is 3.44. The number of benzene rings is 2. The lowest BCUT2D eigenvalue weighted by Crippen LogP contribution is -2.59. The smallest absolute Gasteiger partial charge is 0.246 e. The molecule has 5 heterocycles. The topological polar surface area (TPSA) is 187 Å². The van der Waals surface area contributed by atoms with Crippen LogP contribution < -0.4 is 20.9 Å². The predicted molar refractivity (Wildman–Crippen MR) is 278 cm³/mol. The summed E-state index contributed by atoms with van der Waals surface area (Å²) >= 11 is 0. The average molecular weight is 985 g/mol. The molecular formula is C56H76N10O6. The number of nitrogens with one attached hydrogen (secondary N) is 3. The molecule has 6 fully saturated rings. The average Bonchev–Trinajstić information content (AvgIpc) is 3.79. The predicted octanol–water partition coefficient (Wildman–Crippen LogP) is 4.85. The van der Waals surface area contributed by atoms with E-state index in [9.17, 15) is 29.4 Å². The van der Waals surface area contributed by atoms with Gasteiger partial charge in [0, 0.05) is 88.4 Å². The van der Waals surface area contributed by atoms with Crippen LogP contribution >= 0.6 is 0 Å². The number of aromatic hydroxyl groups is 1. The number of para-hydroxylation sites is 1. The third-order valence-corrected chi connectivity index (χ3v) is 17.1. The summed E-state index contributed by atoms with van der Waals surface area (Å²) < 4.78 is 0. The highest BCUT2D eigenvalue weighted by Gasteiger charge is 2.50. The van der Waals surface area contributed by atoms with Crippen molar-refractivity contribution in [2.24, 2.45) is 22.7 Å². The Morgan fingerprint density at radius 2 is 1.54 bits per heavy atom. The quantitative estimate of drug-likeness (QED) is 0.156. The Hall–Kier alpha value is -5.76. The number of β-amino-alcohol motifs (C(OH)–C–C–N with tert-alkyl or cyclic N) is 1. The van der Waals surface area contributed by atoms with Gasteiger partial charge in [-0.05, 0) is 131 Å². The van der Waals surface area contributed by atoms with E-state index < -0.39 is 23.6 Å². The van der Waals surface area contributed by atoms with Gasteiger partial charge in [-0.25, -0.2) is 0 Å². The van der Waals surface area contributed by atoms with Crippen molar-refractivity contribution < 1.29 is 29.4 Å². The van der Waals surface area contributed by atoms with Crippen molar-refractivity contribution in [2.75, 3.05) is 76.2 Å². The maximum absolute atomic E-state index is 14.2. The van der Waals surface area contributed by atoms with Crippen LogP contribution in [0.2, 0.25) is 0 Å². The monoisotopic (exact) mass is 985 g/mol. The number of phenols is 1. The Balaban J connectivity index is 0.703. The maximum atomic E-state index is 14.2. The van der Waals surface area contributed by atoms with E-state index in [2.05, 4.69) is 51.7 Å². The minimum atomic E-state index is -0.844. The molecular weight excluding hydrogens is 909 g/mol. The van der Waals surface area contributed by atoms with Gasteiger partial charge in [0.2, 0.25) is 23.6 Å². The summed E-state index contributed by atoms with van der Waals surface area (Å²) in [7, 11) is 1.83. The summed E-state index contributed by atoms with van der Waals surface area (Å²) in [5, 5.41) is 39.1. The molecule has 4 amide bonds. The van der Waals surface area contributed by atoms with Crippen LogP contribution in [0.5, 0.6) is 5.75 Å². The van der Waals surface area contributed by atoms with Gasteiger partial charge in [-0.1, -0.05) is 51.0 Å². The van der Waals surface area contributed by atoms with Gasteiger partial charge in [-0.2, -0.15) is 0 Å². The molecule has 0 radical (unpaired) electrons. The zero-order chi connectivity index (χ0) is 50.7. The number of carbonyl (C=O) groups excluding carboxylic acids is 4. The van der Waals surface area contributed by atoms with Crippen LogP contribution in [0.4, 0.5) is 11.5 Å². The molecule has 4 aliphatic heterocycles. The van der Waals surface area contributed by atoms with E-state index in [1.54, 1.807) is 12.1 Å². The van der Waals surface area contributed by atoms with Crippen LogP contribution in [0.1, 0.15) is 103 Å². The number of terminal acetylenes is 1. The van der Waals surface area contributed by atoms with Gasteiger partial charge in [0.1, 0.15) is 17.8 Å². The summed E-state index contributed by atoms with van der Waals surface area (Å²) in [5.74, 6) is 2.79. The van der Waals surface area contributed by atoms with Gasteiger partial charge in [0.25, 0.3) is 0 Å². The number of rotatable bonds is 12. The van der Waals surface area contributed by atoms with Gasteiger partial charge in [-0.15, -0.1) is 16.6 Å². The van der Waals surface area contributed by atoms with E-state index in [-0.39, 0.29) is 66.1 Å². The van der Waals surface area contributed by atoms with Crippen molar-refractivity contribution in [3.63, 3.8) is 0 Å². The van der Waals surface area contributed by atoms with Crippen LogP contribution in [-0.2, 0) is 25.7 Å². The van der Waals surface area contributed by atoms with Crippen molar-refractivity contribution >= 4 is 35.1 Å². The van der Waals surface area contributed by atoms with Crippen molar-refractivity contribution in [1.29, 1.82) is 0 Å². The van der Waals surface area contributed by atoms with Gasteiger partial charge in [0.15, 0.2) is 5.82 Å². The number of hydrogen-bond donors (Lipinski definition) is 5. The molecule has 1 spiro atoms. The Labute approximate surface area is 425 Å². The molecule has 16 nitrogen and oxygen atoms in total. The lowest BCUT2D eigenvalue weighted by Gasteiger charge is -2.56. The van der Waals surface area contributed by atoms with E-state index in [0.717, 1.165) is 94.4 Å². The molecule has 5 N–H and O–H groups in total. The number of phenolic OH excluding ortho intramolecular Hbond substituents is 1. The summed E-state index contributed by atoms with van der Waals surface area (Å²) in [6.45, 7) is 12.8. The van der Waals surface area contributed by atoms with Crippen LogP contribution in [0.3, 0.4) is 0 Å². The Morgan fingerprint density at radius 3 is 2.21 bits per heavy atom. The fourth-order valence-electron chi connectivity index (χ4n) is 12.7. The molecule has 4 atom stereocenters. The lowest BCUT2D eigenvalue weighted by atomic mass is 9.56. The molecule has 2 aliphatic carbocycles. The van der Waals surface area contributed by atoms with E-state index in [1.165, 1.54) is 17.7 Å². The minimum absolute atomic E-state index is 0.0233. The van der Waals surface area contributed by atoms with Gasteiger partial charge >= 0.3 is 0 Å². The first-order chi connectivity index (χ1) is 34.6. The second kappa shape index (κ2) is 21.8. The number of aromatic nitrogens is 2. The zero-order valence-electron chi connectivity index (χ0n) is 42.8. The highest BCUT2D eigenvalue weighted by molar-refractivity contribution is 5.93. The van der Waals surface area contributed by atoms with Gasteiger partial charge in [-0.3, -0.25) is 24.1 Å². The summed E-state index contributed by atoms with van der Waals surface area (Å²) in [6, 6.07) is 15.9. The van der Waals surface area contributed by atoms with Crippen LogP contribution in [0.25, 0.3) is 11.3 Å². The lowest BCUT2D eigenvalue weighted by molar-refractivity contribution is -0.145. The first-order valence-electron chi connectivity index (χ1n) is 26.6. The number of aliphatic hydroxyl groups excluding tert-OH is 1. The number of aliphatic hydroxyl groups is 1. The molecule has 2 saturated carbocycles. The van der Waals surface area contributed by atoms with E-state index in [1.807, 2.05) is 70.3 Å². The number of likely N-dealkylation sites (tertiary alicyclic amines) is 3. The highest BCUT2D eigenvalue weighted by atomic mass is 16.3. The molecule has 72 heavy (non-hydrogen) atoms. The number of piperidine rings is 2. The van der Waals surface area contributed by atoms with Crippen molar-refractivity contribution in [3.05, 3.63) is 65.7 Å². The van der Waals surface area contributed by atoms with Gasteiger partial charge < -0.3 is 45.8 Å². The fraction of sp³-hybridized carbons (Fsp3) is 0.607. The number of amides is 4.